The first-order chi connectivity index (χ1) is 10.2. The number of carbonyl (C=O) groups excluding carboxylic acids is 1. The first kappa shape index (κ1) is 14.3. The van der Waals surface area contributed by atoms with E-state index in [2.05, 4.69) is 20.0 Å². The smallest absolute Gasteiger partial charge is 0.341 e. The highest BCUT2D eigenvalue weighted by Gasteiger charge is 2.16. The van der Waals surface area contributed by atoms with Crippen LogP contribution in [0.1, 0.15) is 17.3 Å². The van der Waals surface area contributed by atoms with Crippen LogP contribution in [0.3, 0.4) is 0 Å². The van der Waals surface area contributed by atoms with Gasteiger partial charge in [0.25, 0.3) is 0 Å². The molecule has 0 atom stereocenters. The number of phenolic OH excluding ortho intramolecular Hbond substituents is 1. The van der Waals surface area contributed by atoms with E-state index in [0.717, 1.165) is 0 Å². The molecule has 0 bridgehead atoms. The van der Waals surface area contributed by atoms with Gasteiger partial charge in [-0.15, -0.1) is 0 Å². The first-order valence-electron chi connectivity index (χ1n) is 6.05. The molecule has 0 unspecified atom stereocenters. The zero-order chi connectivity index (χ0) is 15.2. The molecule has 21 heavy (non-hydrogen) atoms. The number of hydrogen-bond donors (Lipinski definition) is 1. The summed E-state index contributed by atoms with van der Waals surface area (Å²) in [4.78, 5) is 22.4. The molecule has 0 spiro atoms. The van der Waals surface area contributed by atoms with E-state index >= 15 is 0 Å². The maximum atomic E-state index is 11.7. The number of aromatic hydroxyl groups is 1. The molecule has 2 aromatic rings. The van der Waals surface area contributed by atoms with Gasteiger partial charge in [-0.1, -0.05) is 12.1 Å². The summed E-state index contributed by atoms with van der Waals surface area (Å²) in [5, 5.41) is 13.1. The Labute approximate surface area is 119 Å². The molecule has 0 aliphatic carbocycles. The standard InChI is InChI=1S/C13H11N5O3/c1-2-21-13(20)9-7-15-11(16-12(9)17-18-14)8-5-3-4-6-10(8)19/h3-7,19H,2H2,1H3. The molecule has 0 radical (unpaired) electrons. The number of nitrogens with zero attached hydrogens (tertiary/aromatic N) is 5. The van der Waals surface area contributed by atoms with E-state index in [0.29, 0.717) is 5.56 Å². The average molecular weight is 285 g/mol. The van der Waals surface area contributed by atoms with Gasteiger partial charge in [-0.05, 0) is 29.7 Å². The van der Waals surface area contributed by atoms with Crippen molar-refractivity contribution in [1.29, 1.82) is 0 Å². The monoisotopic (exact) mass is 285 g/mol. The topological polar surface area (TPSA) is 121 Å². The molecule has 8 nitrogen and oxygen atoms in total. The molecular formula is C13H11N5O3. The lowest BCUT2D eigenvalue weighted by Gasteiger charge is -2.07. The maximum Gasteiger partial charge on any atom is 0.341 e. The number of esters is 1. The Balaban J connectivity index is 2.53. The van der Waals surface area contributed by atoms with Crippen molar-refractivity contribution in [2.45, 2.75) is 6.92 Å². The van der Waals surface area contributed by atoms with Gasteiger partial charge in [-0.2, -0.15) is 0 Å². The molecule has 1 N–H and O–H groups in total. The fourth-order valence-electron chi connectivity index (χ4n) is 1.64. The lowest BCUT2D eigenvalue weighted by Crippen LogP contribution is -2.07. The predicted molar refractivity (Wildman–Crippen MR) is 73.9 cm³/mol. The average Bonchev–Trinajstić information content (AvgIpc) is 2.48. The number of phenols is 1. The third-order valence-corrected chi connectivity index (χ3v) is 2.55. The summed E-state index contributed by atoms with van der Waals surface area (Å²) in [6.07, 6.45) is 1.21. The Morgan fingerprint density at radius 1 is 1.48 bits per heavy atom. The minimum Gasteiger partial charge on any atom is -0.507 e. The van der Waals surface area contributed by atoms with Crippen LogP contribution in [-0.2, 0) is 4.74 Å². The Morgan fingerprint density at radius 3 is 2.90 bits per heavy atom. The number of carbonyl (C=O) groups is 1. The minimum absolute atomic E-state index is 0.0201. The molecule has 0 fully saturated rings. The highest BCUT2D eigenvalue weighted by molar-refractivity contribution is 5.93. The molecular weight excluding hydrogens is 274 g/mol. The summed E-state index contributed by atoms with van der Waals surface area (Å²) < 4.78 is 4.83. The van der Waals surface area contributed by atoms with Crippen molar-refractivity contribution in [3.05, 3.63) is 46.5 Å². The Hall–Kier alpha value is -3.12. The normalized spacial score (nSPS) is 9.76. The van der Waals surface area contributed by atoms with Gasteiger partial charge in [0.2, 0.25) is 0 Å². The predicted octanol–water partition coefficient (Wildman–Crippen LogP) is 2.97. The zero-order valence-corrected chi connectivity index (χ0v) is 11.1. The highest BCUT2D eigenvalue weighted by Crippen LogP contribution is 2.28. The van der Waals surface area contributed by atoms with E-state index in [1.165, 1.54) is 12.3 Å². The third kappa shape index (κ3) is 3.07. The number of para-hydroxylation sites is 1. The molecule has 8 heteroatoms. The van der Waals surface area contributed by atoms with E-state index in [1.807, 2.05) is 0 Å². The number of azide groups is 1. The van der Waals surface area contributed by atoms with Crippen molar-refractivity contribution in [2.24, 2.45) is 5.11 Å². The second-order valence-corrected chi connectivity index (χ2v) is 3.86. The SMILES string of the molecule is CCOC(=O)c1cnc(-c2ccccc2O)nc1N=[N+]=[N-]. The van der Waals surface area contributed by atoms with Gasteiger partial charge in [-0.3, -0.25) is 0 Å². The molecule has 0 aliphatic heterocycles. The number of hydrogen-bond acceptors (Lipinski definition) is 6. The van der Waals surface area contributed by atoms with Crippen molar-refractivity contribution in [2.75, 3.05) is 6.61 Å². The van der Waals surface area contributed by atoms with Crippen LogP contribution in [0.15, 0.2) is 35.6 Å². The van der Waals surface area contributed by atoms with Crippen LogP contribution in [0.5, 0.6) is 5.75 Å². The van der Waals surface area contributed by atoms with Crippen LogP contribution in [0.2, 0.25) is 0 Å². The van der Waals surface area contributed by atoms with Gasteiger partial charge in [0.1, 0.15) is 17.1 Å². The van der Waals surface area contributed by atoms with Gasteiger partial charge >= 0.3 is 5.97 Å². The summed E-state index contributed by atoms with van der Waals surface area (Å²) in [5.74, 6) is -0.704. The van der Waals surface area contributed by atoms with Crippen LogP contribution < -0.4 is 0 Å². The zero-order valence-electron chi connectivity index (χ0n) is 11.1. The van der Waals surface area contributed by atoms with E-state index in [9.17, 15) is 9.90 Å². The largest absolute Gasteiger partial charge is 0.507 e. The lowest BCUT2D eigenvalue weighted by atomic mass is 10.2. The molecule has 1 heterocycles. The summed E-state index contributed by atoms with van der Waals surface area (Å²) in [6.45, 7) is 1.83. The second-order valence-electron chi connectivity index (χ2n) is 3.86. The maximum absolute atomic E-state index is 11.7. The molecule has 106 valence electrons. The molecule has 0 aliphatic rings. The molecule has 0 saturated carbocycles. The molecule has 0 amide bonds. The van der Waals surface area contributed by atoms with Crippen LogP contribution in [0.4, 0.5) is 5.82 Å². The minimum atomic E-state index is -0.677. The molecule has 0 saturated heterocycles. The van der Waals surface area contributed by atoms with E-state index in [4.69, 9.17) is 10.3 Å². The van der Waals surface area contributed by atoms with Gasteiger partial charge in [0, 0.05) is 11.1 Å². The number of ether oxygens (including phenoxy) is 1. The summed E-state index contributed by atoms with van der Waals surface area (Å²) in [5.41, 5.74) is 8.90. The molecule has 1 aromatic heterocycles. The van der Waals surface area contributed by atoms with Crippen LogP contribution in [0.25, 0.3) is 21.8 Å². The van der Waals surface area contributed by atoms with E-state index < -0.39 is 5.97 Å². The first-order valence-corrected chi connectivity index (χ1v) is 6.05. The second kappa shape index (κ2) is 6.36. The molecule has 2 rings (SSSR count). The van der Waals surface area contributed by atoms with Crippen LogP contribution >= 0.6 is 0 Å². The van der Waals surface area contributed by atoms with E-state index in [-0.39, 0.29) is 29.6 Å². The summed E-state index contributed by atoms with van der Waals surface area (Å²) in [7, 11) is 0. The summed E-state index contributed by atoms with van der Waals surface area (Å²) >= 11 is 0. The lowest BCUT2D eigenvalue weighted by molar-refractivity contribution is 0.0526. The van der Waals surface area contributed by atoms with Gasteiger partial charge < -0.3 is 9.84 Å². The van der Waals surface area contributed by atoms with Crippen molar-refractivity contribution in [3.63, 3.8) is 0 Å². The van der Waals surface area contributed by atoms with Gasteiger partial charge in [-0.25, -0.2) is 14.8 Å². The fourth-order valence-corrected chi connectivity index (χ4v) is 1.64. The molecule has 1 aromatic carbocycles. The van der Waals surface area contributed by atoms with Crippen molar-refractivity contribution in [1.82, 2.24) is 9.97 Å². The Kier molecular flexibility index (Phi) is 4.33. The number of rotatable bonds is 4. The van der Waals surface area contributed by atoms with Crippen molar-refractivity contribution in [3.8, 4) is 17.1 Å². The fraction of sp³-hybridized carbons (Fsp3) is 0.154. The van der Waals surface area contributed by atoms with Crippen LogP contribution in [0, 0.1) is 0 Å². The van der Waals surface area contributed by atoms with Crippen molar-refractivity contribution < 1.29 is 14.6 Å². The summed E-state index contributed by atoms with van der Waals surface area (Å²) in [6, 6.07) is 6.44. The highest BCUT2D eigenvalue weighted by atomic mass is 16.5. The van der Waals surface area contributed by atoms with Gasteiger partial charge in [0.05, 0.1) is 12.2 Å². The van der Waals surface area contributed by atoms with Crippen molar-refractivity contribution >= 4 is 11.8 Å². The quantitative estimate of drug-likeness (QED) is 0.400. The number of benzene rings is 1. The van der Waals surface area contributed by atoms with E-state index in [1.54, 1.807) is 25.1 Å². The number of aromatic nitrogens is 2. The Bertz CT molecular complexity index is 725. The third-order valence-electron chi connectivity index (χ3n) is 2.55. The van der Waals surface area contributed by atoms with Gasteiger partial charge in [0.15, 0.2) is 5.82 Å². The Morgan fingerprint density at radius 2 is 2.24 bits per heavy atom. The van der Waals surface area contributed by atoms with Crippen LogP contribution in [-0.4, -0.2) is 27.7 Å².